The largest absolute Gasteiger partial charge is 0.416 e. The summed E-state index contributed by atoms with van der Waals surface area (Å²) in [6, 6.07) is 9.39. The van der Waals surface area contributed by atoms with E-state index in [2.05, 4.69) is 15.6 Å². The molecule has 0 aliphatic carbocycles. The number of carbonyl (C=O) groups excluding carboxylic acids is 1. The van der Waals surface area contributed by atoms with Gasteiger partial charge in [-0.3, -0.25) is 4.98 Å². The number of halogens is 3. The smallest absolute Gasteiger partial charge is 0.334 e. The number of anilines is 1. The van der Waals surface area contributed by atoms with Crippen molar-refractivity contribution in [1.82, 2.24) is 10.3 Å². The van der Waals surface area contributed by atoms with E-state index in [0.29, 0.717) is 0 Å². The monoisotopic (exact) mass is 377 g/mol. The molecular formula is C18H14F3N3OS. The van der Waals surface area contributed by atoms with E-state index in [1.54, 1.807) is 23.6 Å². The zero-order valence-corrected chi connectivity index (χ0v) is 14.2. The van der Waals surface area contributed by atoms with Gasteiger partial charge in [0.1, 0.15) is 0 Å². The van der Waals surface area contributed by atoms with Gasteiger partial charge in [0.05, 0.1) is 11.3 Å². The highest BCUT2D eigenvalue weighted by molar-refractivity contribution is 7.08. The number of carbonyl (C=O) groups is 1. The number of benzene rings is 1. The SMILES string of the molecule is O=C(NCc1ccnc(-c2ccsc2)c1)Nc1ccc(C(F)(F)F)cc1. The molecule has 0 aliphatic rings. The zero-order chi connectivity index (χ0) is 18.6. The number of urea groups is 1. The molecule has 2 N–H and O–H groups in total. The third-order valence-electron chi connectivity index (χ3n) is 3.56. The van der Waals surface area contributed by atoms with Gasteiger partial charge in [-0.25, -0.2) is 4.79 Å². The predicted octanol–water partition coefficient (Wildman–Crippen LogP) is 5.15. The Morgan fingerprint density at radius 3 is 2.54 bits per heavy atom. The van der Waals surface area contributed by atoms with E-state index in [-0.39, 0.29) is 12.2 Å². The maximum atomic E-state index is 12.5. The number of rotatable bonds is 4. The predicted molar refractivity (Wildman–Crippen MR) is 94.9 cm³/mol. The molecule has 2 aromatic heterocycles. The van der Waals surface area contributed by atoms with Crippen LogP contribution in [0.15, 0.2) is 59.4 Å². The van der Waals surface area contributed by atoms with E-state index >= 15 is 0 Å². The van der Waals surface area contributed by atoms with Gasteiger partial charge in [0, 0.05) is 29.4 Å². The molecule has 0 bridgehead atoms. The first-order valence-corrected chi connectivity index (χ1v) is 8.56. The van der Waals surface area contributed by atoms with Crippen molar-refractivity contribution in [2.45, 2.75) is 12.7 Å². The zero-order valence-electron chi connectivity index (χ0n) is 13.4. The number of nitrogens with zero attached hydrogens (tertiary/aromatic N) is 1. The molecule has 0 atom stereocenters. The van der Waals surface area contributed by atoms with Crippen LogP contribution in [0.1, 0.15) is 11.1 Å². The van der Waals surface area contributed by atoms with E-state index in [9.17, 15) is 18.0 Å². The molecule has 3 aromatic rings. The van der Waals surface area contributed by atoms with Crippen LogP contribution in [0.2, 0.25) is 0 Å². The molecular weight excluding hydrogens is 363 g/mol. The average Bonchev–Trinajstić information content (AvgIpc) is 3.15. The standard InChI is InChI=1S/C18H14F3N3OS/c19-18(20,21)14-1-3-15(4-2-14)24-17(25)23-10-12-5-7-22-16(9-12)13-6-8-26-11-13/h1-9,11H,10H2,(H2,23,24,25). The van der Waals surface area contributed by atoms with Crippen LogP contribution >= 0.6 is 11.3 Å². The lowest BCUT2D eigenvalue weighted by Crippen LogP contribution is -2.28. The summed E-state index contributed by atoms with van der Waals surface area (Å²) < 4.78 is 37.6. The molecule has 0 unspecified atom stereocenters. The van der Waals surface area contributed by atoms with Crippen LogP contribution in [-0.2, 0) is 12.7 Å². The van der Waals surface area contributed by atoms with Gasteiger partial charge in [0.2, 0.25) is 0 Å². The number of alkyl halides is 3. The molecule has 4 nitrogen and oxygen atoms in total. The number of amides is 2. The van der Waals surface area contributed by atoms with Crippen LogP contribution in [-0.4, -0.2) is 11.0 Å². The van der Waals surface area contributed by atoms with Gasteiger partial charge in [-0.1, -0.05) is 0 Å². The van der Waals surface area contributed by atoms with Crippen molar-refractivity contribution in [1.29, 1.82) is 0 Å². The van der Waals surface area contributed by atoms with Crippen molar-refractivity contribution in [3.63, 3.8) is 0 Å². The number of thiophene rings is 1. The van der Waals surface area contributed by atoms with Crippen molar-refractivity contribution in [2.24, 2.45) is 0 Å². The first-order chi connectivity index (χ1) is 12.4. The molecule has 0 fully saturated rings. The normalized spacial score (nSPS) is 11.2. The second-order valence-electron chi connectivity index (χ2n) is 5.44. The fraction of sp³-hybridized carbons (Fsp3) is 0.111. The van der Waals surface area contributed by atoms with Crippen LogP contribution in [0.3, 0.4) is 0 Å². The van der Waals surface area contributed by atoms with Gasteiger partial charge in [0.25, 0.3) is 0 Å². The molecule has 0 spiro atoms. The minimum atomic E-state index is -4.40. The lowest BCUT2D eigenvalue weighted by atomic mass is 10.1. The number of pyridine rings is 1. The van der Waals surface area contributed by atoms with E-state index in [1.807, 2.05) is 22.9 Å². The summed E-state index contributed by atoms with van der Waals surface area (Å²) in [6.45, 7) is 0.270. The van der Waals surface area contributed by atoms with Gasteiger partial charge in [0.15, 0.2) is 0 Å². The van der Waals surface area contributed by atoms with Gasteiger partial charge >= 0.3 is 12.2 Å². The number of nitrogens with one attached hydrogen (secondary N) is 2. The van der Waals surface area contributed by atoms with Crippen molar-refractivity contribution in [3.05, 3.63) is 70.5 Å². The lowest BCUT2D eigenvalue weighted by molar-refractivity contribution is -0.137. The van der Waals surface area contributed by atoms with Gasteiger partial charge in [-0.2, -0.15) is 24.5 Å². The molecule has 8 heteroatoms. The summed E-state index contributed by atoms with van der Waals surface area (Å²) in [4.78, 5) is 16.2. The van der Waals surface area contributed by atoms with Crippen LogP contribution < -0.4 is 10.6 Å². The fourth-order valence-electron chi connectivity index (χ4n) is 2.25. The Kier molecular flexibility index (Phi) is 5.22. The topological polar surface area (TPSA) is 54.0 Å². The Balaban J connectivity index is 1.57. The lowest BCUT2D eigenvalue weighted by Gasteiger charge is -2.10. The van der Waals surface area contributed by atoms with E-state index in [4.69, 9.17) is 0 Å². The van der Waals surface area contributed by atoms with Crippen molar-refractivity contribution in [2.75, 3.05) is 5.32 Å². The highest BCUT2D eigenvalue weighted by Crippen LogP contribution is 2.29. The number of hydrogen-bond donors (Lipinski definition) is 2. The van der Waals surface area contributed by atoms with Gasteiger partial charge in [-0.05, 0) is 53.4 Å². The fourth-order valence-corrected chi connectivity index (χ4v) is 2.90. The van der Waals surface area contributed by atoms with Crippen LogP contribution in [0.4, 0.5) is 23.7 Å². The molecule has 0 saturated heterocycles. The van der Waals surface area contributed by atoms with Crippen LogP contribution in [0.25, 0.3) is 11.3 Å². The number of aromatic nitrogens is 1. The van der Waals surface area contributed by atoms with Crippen molar-refractivity contribution in [3.8, 4) is 11.3 Å². The highest BCUT2D eigenvalue weighted by Gasteiger charge is 2.29. The maximum Gasteiger partial charge on any atom is 0.416 e. The Hall–Kier alpha value is -2.87. The van der Waals surface area contributed by atoms with Crippen molar-refractivity contribution < 1.29 is 18.0 Å². The molecule has 0 radical (unpaired) electrons. The molecule has 1 aromatic carbocycles. The van der Waals surface area contributed by atoms with Gasteiger partial charge < -0.3 is 10.6 Å². The third kappa shape index (κ3) is 4.60. The Morgan fingerprint density at radius 2 is 1.88 bits per heavy atom. The second-order valence-corrected chi connectivity index (χ2v) is 6.22. The molecule has 134 valence electrons. The van der Waals surface area contributed by atoms with E-state index in [0.717, 1.165) is 29.0 Å². The van der Waals surface area contributed by atoms with Crippen molar-refractivity contribution >= 4 is 23.1 Å². The maximum absolute atomic E-state index is 12.5. The Bertz CT molecular complexity index is 877. The average molecular weight is 377 g/mol. The quantitative estimate of drug-likeness (QED) is 0.661. The molecule has 2 heterocycles. The molecule has 2 amide bonds. The molecule has 0 saturated carbocycles. The van der Waals surface area contributed by atoms with E-state index in [1.165, 1.54) is 12.1 Å². The summed E-state index contributed by atoms with van der Waals surface area (Å²) >= 11 is 1.57. The molecule has 0 aliphatic heterocycles. The number of hydrogen-bond acceptors (Lipinski definition) is 3. The Morgan fingerprint density at radius 1 is 1.12 bits per heavy atom. The van der Waals surface area contributed by atoms with Gasteiger partial charge in [-0.15, -0.1) is 0 Å². The van der Waals surface area contributed by atoms with Crippen LogP contribution in [0.5, 0.6) is 0 Å². The minimum Gasteiger partial charge on any atom is -0.334 e. The summed E-state index contributed by atoms with van der Waals surface area (Å²) in [5.74, 6) is 0. The van der Waals surface area contributed by atoms with E-state index < -0.39 is 17.8 Å². The third-order valence-corrected chi connectivity index (χ3v) is 4.25. The summed E-state index contributed by atoms with van der Waals surface area (Å²) in [5.41, 5.74) is 2.20. The second kappa shape index (κ2) is 7.57. The minimum absolute atomic E-state index is 0.270. The summed E-state index contributed by atoms with van der Waals surface area (Å²) in [6.07, 6.45) is -2.74. The first kappa shape index (κ1) is 17.9. The summed E-state index contributed by atoms with van der Waals surface area (Å²) in [7, 11) is 0. The first-order valence-electron chi connectivity index (χ1n) is 7.61. The summed E-state index contributed by atoms with van der Waals surface area (Å²) in [5, 5.41) is 9.11. The Labute approximate surface area is 151 Å². The molecule has 26 heavy (non-hydrogen) atoms. The highest BCUT2D eigenvalue weighted by atomic mass is 32.1. The molecule has 3 rings (SSSR count). The van der Waals surface area contributed by atoms with Crippen LogP contribution in [0, 0.1) is 0 Å².